The Morgan fingerprint density at radius 3 is 1.25 bits per heavy atom. The van der Waals surface area contributed by atoms with Gasteiger partial charge in [0.1, 0.15) is 0 Å². The number of rotatable bonds is 0. The molecular formula is CH4O2Sn. The first-order chi connectivity index (χ1) is 1.41. The third-order valence-electron chi connectivity index (χ3n) is 0. The molecule has 0 unspecified atom stereocenters. The molecule has 24 valence electrons. The molecule has 2 nitrogen and oxygen atoms in total. The summed E-state index contributed by atoms with van der Waals surface area (Å²) in [7, 11) is 0. The molecule has 0 fully saturated rings. The van der Waals surface area contributed by atoms with E-state index in [1.165, 1.54) is 0 Å². The van der Waals surface area contributed by atoms with Crippen molar-refractivity contribution in [1.82, 2.24) is 0 Å². The minimum atomic E-state index is -2.27. The van der Waals surface area contributed by atoms with Crippen molar-refractivity contribution in [3.05, 3.63) is 0 Å². The summed E-state index contributed by atoms with van der Waals surface area (Å²) in [6.07, 6.45) is 0. The molecule has 0 aromatic carbocycles. The summed E-state index contributed by atoms with van der Waals surface area (Å²) in [5.74, 6) is 0. The van der Waals surface area contributed by atoms with Crippen molar-refractivity contribution in [3.63, 3.8) is 0 Å². The van der Waals surface area contributed by atoms with E-state index in [1.807, 2.05) is 0 Å². The fourth-order valence-electron chi connectivity index (χ4n) is 0. The van der Waals surface area contributed by atoms with Gasteiger partial charge in [-0.1, -0.05) is 7.43 Å². The first-order valence-electron chi connectivity index (χ1n) is 0.408. The predicted octanol–water partition coefficient (Wildman–Crippen LogP) is 0.0177. The Morgan fingerprint density at radius 1 is 1.25 bits per heavy atom. The molecule has 4 heavy (non-hydrogen) atoms. The second kappa shape index (κ2) is 10.00. The monoisotopic (exact) mass is 168 g/mol. The zero-order chi connectivity index (χ0) is 2.71. The van der Waals surface area contributed by atoms with Crippen LogP contribution in [0.2, 0.25) is 0 Å². The normalized spacial score (nSPS) is 2.00. The average molecular weight is 167 g/mol. The van der Waals surface area contributed by atoms with E-state index in [9.17, 15) is 0 Å². The van der Waals surface area contributed by atoms with Crippen LogP contribution in [0.5, 0.6) is 0 Å². The van der Waals surface area contributed by atoms with Crippen LogP contribution in [0.25, 0.3) is 0 Å². The van der Waals surface area contributed by atoms with Gasteiger partial charge in [-0.15, -0.1) is 0 Å². The molecule has 0 saturated heterocycles. The van der Waals surface area contributed by atoms with Gasteiger partial charge in [-0.25, -0.2) is 0 Å². The Balaban J connectivity index is 0. The Labute approximate surface area is 35.2 Å². The van der Waals surface area contributed by atoms with E-state index < -0.39 is 21.1 Å². The third kappa shape index (κ3) is 29.5. The van der Waals surface area contributed by atoms with Crippen molar-refractivity contribution in [1.29, 1.82) is 0 Å². The van der Waals surface area contributed by atoms with Crippen molar-refractivity contribution in [3.8, 4) is 0 Å². The minimum absolute atomic E-state index is 0. The Bertz CT molecular complexity index is 27.0. The molecule has 0 N–H and O–H groups in total. The molecule has 0 radical (unpaired) electrons. The molecule has 0 aliphatic heterocycles. The predicted molar refractivity (Wildman–Crippen MR) is 13.9 cm³/mol. The Morgan fingerprint density at radius 2 is 1.25 bits per heavy atom. The summed E-state index contributed by atoms with van der Waals surface area (Å²) in [4.78, 5) is 0. The molecule has 0 aliphatic carbocycles. The number of hydrogen-bond donors (Lipinski definition) is 0. The van der Waals surface area contributed by atoms with Crippen molar-refractivity contribution in [2.75, 3.05) is 0 Å². The zero-order valence-corrected chi connectivity index (χ0v) is 4.17. The van der Waals surface area contributed by atoms with Crippen LogP contribution in [0, 0.1) is 0 Å². The van der Waals surface area contributed by atoms with Gasteiger partial charge in [0.15, 0.2) is 0 Å². The van der Waals surface area contributed by atoms with Gasteiger partial charge < -0.3 is 0 Å². The summed E-state index contributed by atoms with van der Waals surface area (Å²) >= 11 is -2.27. The standard InChI is InChI=1S/CH4.2O.Sn/h1H4;;;. The van der Waals surface area contributed by atoms with Crippen LogP contribution >= 0.6 is 0 Å². The summed E-state index contributed by atoms with van der Waals surface area (Å²) in [6.45, 7) is 0. The second-order valence-electron chi connectivity index (χ2n) is 0.0833. The summed E-state index contributed by atoms with van der Waals surface area (Å²) in [6, 6.07) is 0. The van der Waals surface area contributed by atoms with Crippen LogP contribution < -0.4 is 0 Å². The van der Waals surface area contributed by atoms with Gasteiger partial charge in [0.25, 0.3) is 0 Å². The third-order valence-corrected chi connectivity index (χ3v) is 0. The van der Waals surface area contributed by atoms with Crippen LogP contribution in [0.15, 0.2) is 0 Å². The van der Waals surface area contributed by atoms with E-state index in [-0.39, 0.29) is 7.43 Å². The van der Waals surface area contributed by atoms with E-state index in [0.717, 1.165) is 0 Å². The average Bonchev–Trinajstić information content (AvgIpc) is 0.918. The van der Waals surface area contributed by atoms with Crippen molar-refractivity contribution in [2.45, 2.75) is 7.43 Å². The maximum absolute atomic E-state index is 8.54. The first kappa shape index (κ1) is 8.83. The van der Waals surface area contributed by atoms with E-state index in [0.29, 0.717) is 0 Å². The molecule has 0 aliphatic rings. The molecule has 0 amide bonds. The molecule has 0 aromatic rings. The van der Waals surface area contributed by atoms with Gasteiger partial charge in [0.05, 0.1) is 0 Å². The summed E-state index contributed by atoms with van der Waals surface area (Å²) < 4.78 is 17.1. The topological polar surface area (TPSA) is 34.1 Å². The van der Waals surface area contributed by atoms with E-state index in [4.69, 9.17) is 6.15 Å². The van der Waals surface area contributed by atoms with Gasteiger partial charge in [-0.05, 0) is 0 Å². The first-order valence-corrected chi connectivity index (χ1v) is 2.74. The van der Waals surface area contributed by atoms with Gasteiger partial charge in [-0.2, -0.15) is 0 Å². The fourth-order valence-corrected chi connectivity index (χ4v) is 0. The van der Waals surface area contributed by atoms with Gasteiger partial charge in [0, 0.05) is 0 Å². The van der Waals surface area contributed by atoms with Crippen LogP contribution in [0.3, 0.4) is 0 Å². The van der Waals surface area contributed by atoms with E-state index >= 15 is 0 Å². The molecule has 0 atom stereocenters. The fraction of sp³-hybridized carbons (Fsp3) is 1.00. The second-order valence-corrected chi connectivity index (χ2v) is 0.559. The quantitative estimate of drug-likeness (QED) is 0.476. The van der Waals surface area contributed by atoms with Gasteiger partial charge in [-0.3, -0.25) is 0 Å². The van der Waals surface area contributed by atoms with Crippen LogP contribution in [-0.4, -0.2) is 21.1 Å². The SMILES string of the molecule is C.[O]=[Sn]=[O]. The van der Waals surface area contributed by atoms with Gasteiger partial charge >= 0.3 is 27.3 Å². The summed E-state index contributed by atoms with van der Waals surface area (Å²) in [5, 5.41) is 0. The van der Waals surface area contributed by atoms with Gasteiger partial charge in [0.2, 0.25) is 0 Å². The summed E-state index contributed by atoms with van der Waals surface area (Å²) in [5.41, 5.74) is 0. The molecule has 0 spiro atoms. The van der Waals surface area contributed by atoms with E-state index in [1.54, 1.807) is 0 Å². The molecule has 0 bridgehead atoms. The molecule has 0 aromatic heterocycles. The van der Waals surface area contributed by atoms with Crippen molar-refractivity contribution >= 4 is 21.1 Å². The van der Waals surface area contributed by atoms with Crippen LogP contribution in [-0.2, 0) is 6.15 Å². The molecule has 0 rings (SSSR count). The van der Waals surface area contributed by atoms with Crippen molar-refractivity contribution in [2.24, 2.45) is 0 Å². The van der Waals surface area contributed by atoms with E-state index in [2.05, 4.69) is 0 Å². The molecule has 3 heteroatoms. The molecule has 0 heterocycles. The van der Waals surface area contributed by atoms with Crippen molar-refractivity contribution < 1.29 is 6.15 Å². The molecule has 0 saturated carbocycles. The maximum atomic E-state index is 8.54. The number of hydrogen-bond acceptors (Lipinski definition) is 2. The Kier molecular flexibility index (Phi) is 22.1. The zero-order valence-electron chi connectivity index (χ0n) is 1.32. The van der Waals surface area contributed by atoms with Crippen LogP contribution in [0.4, 0.5) is 0 Å². The molecular weight excluding hydrogens is 163 g/mol. The van der Waals surface area contributed by atoms with Crippen LogP contribution in [0.1, 0.15) is 7.43 Å². The Hall–Kier alpha value is 0.399.